The number of nitrogens with one attached hydrogen (secondary N) is 1. The molecule has 1 amide bonds. The van der Waals surface area contributed by atoms with Crippen molar-refractivity contribution in [1.82, 2.24) is 15.1 Å². The van der Waals surface area contributed by atoms with Crippen LogP contribution in [-0.4, -0.2) is 27.4 Å². The number of rotatable bonds is 5. The Labute approximate surface area is 105 Å². The van der Waals surface area contributed by atoms with Crippen molar-refractivity contribution in [3.05, 3.63) is 54.4 Å². The minimum Gasteiger partial charge on any atom is -0.394 e. The van der Waals surface area contributed by atoms with Crippen molar-refractivity contribution in [1.29, 1.82) is 0 Å². The van der Waals surface area contributed by atoms with Gasteiger partial charge in [0, 0.05) is 12.4 Å². The number of benzene rings is 1. The van der Waals surface area contributed by atoms with Crippen LogP contribution in [0.4, 0.5) is 0 Å². The molecule has 0 fully saturated rings. The number of aromatic nitrogens is 2. The lowest BCUT2D eigenvalue weighted by molar-refractivity contribution is -0.122. The smallest absolute Gasteiger partial charge is 0.242 e. The summed E-state index contributed by atoms with van der Waals surface area (Å²) in [5, 5.41) is 16.0. The van der Waals surface area contributed by atoms with Crippen LogP contribution in [0.25, 0.3) is 0 Å². The molecule has 5 nitrogen and oxygen atoms in total. The molecule has 1 aromatic carbocycles. The van der Waals surface area contributed by atoms with Crippen LogP contribution in [0.5, 0.6) is 0 Å². The van der Waals surface area contributed by atoms with E-state index in [0.717, 1.165) is 5.56 Å². The molecular formula is C13H15N3O2. The molecule has 5 heteroatoms. The van der Waals surface area contributed by atoms with Crippen molar-refractivity contribution in [2.75, 3.05) is 6.61 Å². The third-order valence-electron chi connectivity index (χ3n) is 2.58. The molecule has 0 saturated heterocycles. The molecule has 0 saturated carbocycles. The Morgan fingerprint density at radius 2 is 2.11 bits per heavy atom. The number of hydrogen-bond acceptors (Lipinski definition) is 3. The van der Waals surface area contributed by atoms with Gasteiger partial charge in [-0.25, -0.2) is 0 Å². The second-order valence-electron chi connectivity index (χ2n) is 3.92. The van der Waals surface area contributed by atoms with E-state index >= 15 is 0 Å². The van der Waals surface area contributed by atoms with E-state index in [2.05, 4.69) is 10.4 Å². The van der Waals surface area contributed by atoms with Crippen LogP contribution in [0, 0.1) is 0 Å². The van der Waals surface area contributed by atoms with Gasteiger partial charge in [0.05, 0.1) is 12.6 Å². The maximum Gasteiger partial charge on any atom is 0.242 e. The largest absolute Gasteiger partial charge is 0.394 e. The molecule has 1 aromatic heterocycles. The number of carbonyl (C=O) groups excluding carboxylic acids is 1. The van der Waals surface area contributed by atoms with Gasteiger partial charge >= 0.3 is 0 Å². The molecule has 1 heterocycles. The summed E-state index contributed by atoms with van der Waals surface area (Å²) in [5.74, 6) is -0.179. The fourth-order valence-corrected chi connectivity index (χ4v) is 1.70. The summed E-state index contributed by atoms with van der Waals surface area (Å²) in [7, 11) is 0. The molecule has 0 bridgehead atoms. The van der Waals surface area contributed by atoms with Crippen LogP contribution < -0.4 is 5.32 Å². The van der Waals surface area contributed by atoms with E-state index < -0.39 is 0 Å². The Morgan fingerprint density at radius 3 is 2.72 bits per heavy atom. The van der Waals surface area contributed by atoms with E-state index in [0.29, 0.717) is 0 Å². The van der Waals surface area contributed by atoms with E-state index in [1.165, 1.54) is 4.68 Å². The summed E-state index contributed by atoms with van der Waals surface area (Å²) in [4.78, 5) is 11.8. The van der Waals surface area contributed by atoms with Crippen LogP contribution in [-0.2, 0) is 11.3 Å². The fraction of sp³-hybridized carbons (Fsp3) is 0.231. The molecule has 0 aliphatic rings. The number of hydrogen-bond donors (Lipinski definition) is 2. The van der Waals surface area contributed by atoms with Crippen molar-refractivity contribution in [3.8, 4) is 0 Å². The zero-order valence-corrected chi connectivity index (χ0v) is 9.86. The molecule has 0 aliphatic heterocycles. The number of carbonyl (C=O) groups is 1. The highest BCUT2D eigenvalue weighted by Gasteiger charge is 2.13. The van der Waals surface area contributed by atoms with Crippen molar-refractivity contribution in [3.63, 3.8) is 0 Å². The molecule has 2 N–H and O–H groups in total. The quantitative estimate of drug-likeness (QED) is 0.816. The lowest BCUT2D eigenvalue weighted by atomic mass is 10.1. The van der Waals surface area contributed by atoms with Crippen LogP contribution in [0.3, 0.4) is 0 Å². The Balaban J connectivity index is 1.96. The highest BCUT2D eigenvalue weighted by Crippen LogP contribution is 2.11. The summed E-state index contributed by atoms with van der Waals surface area (Å²) in [6.45, 7) is 0.0190. The Bertz CT molecular complexity index is 482. The third kappa shape index (κ3) is 3.18. The topological polar surface area (TPSA) is 67.2 Å². The van der Waals surface area contributed by atoms with E-state index in [-0.39, 0.29) is 25.1 Å². The van der Waals surface area contributed by atoms with Gasteiger partial charge in [-0.1, -0.05) is 30.3 Å². The van der Waals surface area contributed by atoms with Crippen LogP contribution in [0.15, 0.2) is 48.8 Å². The fourth-order valence-electron chi connectivity index (χ4n) is 1.70. The first-order chi connectivity index (χ1) is 8.79. The van der Waals surface area contributed by atoms with E-state index in [1.807, 2.05) is 30.3 Å². The summed E-state index contributed by atoms with van der Waals surface area (Å²) in [6.07, 6.45) is 3.34. The van der Waals surface area contributed by atoms with Gasteiger partial charge in [0.15, 0.2) is 0 Å². The van der Waals surface area contributed by atoms with Gasteiger partial charge in [-0.05, 0) is 11.6 Å². The molecule has 0 aliphatic carbocycles. The van der Waals surface area contributed by atoms with Crippen molar-refractivity contribution in [2.24, 2.45) is 0 Å². The van der Waals surface area contributed by atoms with Crippen molar-refractivity contribution in [2.45, 2.75) is 12.6 Å². The highest BCUT2D eigenvalue weighted by atomic mass is 16.3. The normalized spacial score (nSPS) is 12.1. The average molecular weight is 245 g/mol. The minimum absolute atomic E-state index is 0.130. The molecule has 1 unspecified atom stereocenters. The van der Waals surface area contributed by atoms with Gasteiger partial charge in [-0.2, -0.15) is 5.10 Å². The molecule has 2 rings (SSSR count). The van der Waals surface area contributed by atoms with Gasteiger partial charge in [0.2, 0.25) is 5.91 Å². The molecular weight excluding hydrogens is 230 g/mol. The van der Waals surface area contributed by atoms with Crippen LogP contribution in [0.2, 0.25) is 0 Å². The van der Waals surface area contributed by atoms with E-state index in [9.17, 15) is 9.90 Å². The lowest BCUT2D eigenvalue weighted by Crippen LogP contribution is -2.33. The summed E-state index contributed by atoms with van der Waals surface area (Å²) >= 11 is 0. The third-order valence-corrected chi connectivity index (χ3v) is 2.58. The maximum atomic E-state index is 11.8. The molecule has 0 spiro atoms. The van der Waals surface area contributed by atoms with Crippen LogP contribution >= 0.6 is 0 Å². The van der Waals surface area contributed by atoms with Gasteiger partial charge in [0.25, 0.3) is 0 Å². The Hall–Kier alpha value is -2.14. The zero-order valence-electron chi connectivity index (χ0n) is 9.86. The number of aliphatic hydroxyl groups excluding tert-OH is 1. The summed E-state index contributed by atoms with van der Waals surface area (Å²) in [6, 6.07) is 10.8. The van der Waals surface area contributed by atoms with Gasteiger partial charge in [-0.3, -0.25) is 9.48 Å². The monoisotopic (exact) mass is 245 g/mol. The molecule has 18 heavy (non-hydrogen) atoms. The first-order valence-electron chi connectivity index (χ1n) is 5.72. The van der Waals surface area contributed by atoms with E-state index in [1.54, 1.807) is 18.5 Å². The number of amides is 1. The van der Waals surface area contributed by atoms with Crippen LogP contribution in [0.1, 0.15) is 11.6 Å². The first-order valence-corrected chi connectivity index (χ1v) is 5.72. The zero-order chi connectivity index (χ0) is 12.8. The Kier molecular flexibility index (Phi) is 4.09. The second kappa shape index (κ2) is 5.97. The molecule has 94 valence electrons. The van der Waals surface area contributed by atoms with Gasteiger partial charge < -0.3 is 10.4 Å². The molecule has 0 radical (unpaired) electrons. The molecule has 1 atom stereocenters. The predicted octanol–water partition coefficient (Wildman–Crippen LogP) is 0.733. The lowest BCUT2D eigenvalue weighted by Gasteiger charge is -2.16. The first kappa shape index (κ1) is 12.3. The Morgan fingerprint density at radius 1 is 1.33 bits per heavy atom. The standard InChI is InChI=1S/C13H15N3O2/c17-10-12(11-5-2-1-3-6-11)15-13(18)9-16-8-4-7-14-16/h1-8,12,17H,9-10H2,(H,15,18). The highest BCUT2D eigenvalue weighted by molar-refractivity contribution is 5.76. The average Bonchev–Trinajstić information content (AvgIpc) is 2.90. The van der Waals surface area contributed by atoms with Crippen molar-refractivity contribution < 1.29 is 9.90 Å². The maximum absolute atomic E-state index is 11.8. The number of aliphatic hydroxyl groups is 1. The van der Waals surface area contributed by atoms with E-state index in [4.69, 9.17) is 0 Å². The number of nitrogens with zero attached hydrogens (tertiary/aromatic N) is 2. The minimum atomic E-state index is -0.380. The summed E-state index contributed by atoms with van der Waals surface area (Å²) in [5.41, 5.74) is 0.883. The predicted molar refractivity (Wildman–Crippen MR) is 66.6 cm³/mol. The molecule has 2 aromatic rings. The van der Waals surface area contributed by atoms with Gasteiger partial charge in [-0.15, -0.1) is 0 Å². The van der Waals surface area contributed by atoms with Gasteiger partial charge in [0.1, 0.15) is 6.54 Å². The van der Waals surface area contributed by atoms with Crippen molar-refractivity contribution >= 4 is 5.91 Å². The SMILES string of the molecule is O=C(Cn1cccn1)NC(CO)c1ccccc1. The second-order valence-corrected chi connectivity index (χ2v) is 3.92. The summed E-state index contributed by atoms with van der Waals surface area (Å²) < 4.78 is 1.54.